The summed E-state index contributed by atoms with van der Waals surface area (Å²) in [6, 6.07) is 13.7. The van der Waals surface area contributed by atoms with Gasteiger partial charge in [0, 0.05) is 11.0 Å². The van der Waals surface area contributed by atoms with Gasteiger partial charge in [-0.15, -0.1) is 0 Å². The summed E-state index contributed by atoms with van der Waals surface area (Å²) in [5, 5.41) is 13.7. The summed E-state index contributed by atoms with van der Waals surface area (Å²) in [7, 11) is 5.46. The number of likely N-dealkylation sites (N-methyl/N-ethyl adjacent to an activating group) is 1. The van der Waals surface area contributed by atoms with E-state index in [1.54, 1.807) is 24.3 Å². The number of furan rings is 1. The van der Waals surface area contributed by atoms with Crippen LogP contribution in [0.2, 0.25) is 0 Å². The molecule has 3 aromatic rings. The number of para-hydroxylation sites is 1. The first-order valence-corrected chi connectivity index (χ1v) is 10.5. The van der Waals surface area contributed by atoms with E-state index in [1.165, 1.54) is 12.0 Å². The van der Waals surface area contributed by atoms with Crippen LogP contribution in [0.25, 0.3) is 11.0 Å². The molecule has 1 aromatic heterocycles. The van der Waals surface area contributed by atoms with Gasteiger partial charge < -0.3 is 24.1 Å². The quantitative estimate of drug-likeness (QED) is 0.566. The van der Waals surface area contributed by atoms with Gasteiger partial charge in [0.25, 0.3) is 0 Å². The molecule has 2 heterocycles. The number of Topliss-reactive ketones (excluding diaryl/α,β-unsaturated/α-hetero) is 1. The van der Waals surface area contributed by atoms with Gasteiger partial charge in [-0.1, -0.05) is 42.0 Å². The van der Waals surface area contributed by atoms with Crippen molar-refractivity contribution in [3.05, 3.63) is 76.8 Å². The number of hydrogen-bond acceptors (Lipinski definition) is 5. The van der Waals surface area contributed by atoms with Crippen LogP contribution in [0.15, 0.2) is 64.3 Å². The number of quaternary nitrogens is 1. The Bertz CT molecular complexity index is 1210. The summed E-state index contributed by atoms with van der Waals surface area (Å²) in [6.07, 6.45) is 0. The van der Waals surface area contributed by atoms with Gasteiger partial charge in [-0.25, -0.2) is 0 Å². The highest BCUT2D eigenvalue weighted by Gasteiger charge is 2.40. The number of methoxy groups -OCH3 is 1. The van der Waals surface area contributed by atoms with Gasteiger partial charge in [-0.3, -0.25) is 9.59 Å². The fourth-order valence-corrected chi connectivity index (χ4v) is 3.98. The minimum absolute atomic E-state index is 0.0119. The Kier molecular flexibility index (Phi) is 5.76. The van der Waals surface area contributed by atoms with Crippen LogP contribution in [-0.4, -0.2) is 50.9 Å². The van der Waals surface area contributed by atoms with E-state index in [4.69, 9.17) is 9.15 Å². The van der Waals surface area contributed by atoms with Crippen LogP contribution in [0.1, 0.15) is 27.7 Å². The van der Waals surface area contributed by atoms with Gasteiger partial charge in [0.2, 0.25) is 11.7 Å². The molecule has 2 aromatic carbocycles. The molecule has 0 saturated heterocycles. The molecule has 166 valence electrons. The molecule has 0 aliphatic carbocycles. The predicted molar refractivity (Wildman–Crippen MR) is 117 cm³/mol. The van der Waals surface area contributed by atoms with Crippen molar-refractivity contribution in [2.75, 3.05) is 34.3 Å². The first kappa shape index (κ1) is 21.6. The average molecular weight is 434 g/mol. The third kappa shape index (κ3) is 3.76. The Hall–Kier alpha value is -3.58. The molecule has 1 aliphatic heterocycles. The number of ether oxygens (including phenoxy) is 1. The monoisotopic (exact) mass is 434 g/mol. The Morgan fingerprint density at radius 3 is 2.56 bits per heavy atom. The number of nitrogens with one attached hydrogen (secondary N) is 1. The summed E-state index contributed by atoms with van der Waals surface area (Å²) in [4.78, 5) is 29.1. The van der Waals surface area contributed by atoms with Crippen molar-refractivity contribution in [2.24, 2.45) is 0 Å². The van der Waals surface area contributed by atoms with Gasteiger partial charge >= 0.3 is 0 Å². The highest BCUT2D eigenvalue weighted by molar-refractivity contribution is 6.15. The second-order valence-electron chi connectivity index (χ2n) is 8.33. The zero-order valence-corrected chi connectivity index (χ0v) is 18.6. The topological polar surface area (TPSA) is 87.2 Å². The lowest BCUT2D eigenvalue weighted by Gasteiger charge is -2.27. The van der Waals surface area contributed by atoms with Crippen LogP contribution in [-0.2, 0) is 4.79 Å². The SMILES string of the molecule is COc1cccc2cc(C(=O)C3=C([O-])C(=O)N(CC[NH+](C)C)C3c3ccc(C)cc3)oc12. The van der Waals surface area contributed by atoms with Crippen molar-refractivity contribution in [1.29, 1.82) is 0 Å². The lowest BCUT2D eigenvalue weighted by atomic mass is 9.94. The van der Waals surface area contributed by atoms with Gasteiger partial charge in [-0.05, 0) is 30.4 Å². The third-order valence-electron chi connectivity index (χ3n) is 5.73. The number of rotatable bonds is 7. The molecule has 1 unspecified atom stereocenters. The number of benzene rings is 2. The summed E-state index contributed by atoms with van der Waals surface area (Å²) in [6.45, 7) is 2.96. The first-order chi connectivity index (χ1) is 15.3. The number of carbonyl (C=O) groups excluding carboxylic acids is 2. The van der Waals surface area contributed by atoms with Crippen molar-refractivity contribution >= 4 is 22.7 Å². The Balaban J connectivity index is 1.79. The van der Waals surface area contributed by atoms with Crippen molar-refractivity contribution in [3.63, 3.8) is 0 Å². The molecule has 1 aliphatic rings. The third-order valence-corrected chi connectivity index (χ3v) is 5.73. The maximum absolute atomic E-state index is 13.5. The lowest BCUT2D eigenvalue weighted by molar-refractivity contribution is -0.857. The molecule has 1 atom stereocenters. The smallest absolute Gasteiger partial charge is 0.240 e. The van der Waals surface area contributed by atoms with Gasteiger partial charge in [0.15, 0.2) is 17.1 Å². The zero-order valence-electron chi connectivity index (χ0n) is 18.6. The standard InChI is InChI=1S/C25H26N2O5/c1-15-8-10-16(11-9-15)21-20(23(29)25(30)27(21)13-12-26(2)3)22(28)19-14-17-6-5-7-18(31-4)24(17)32-19/h5-11,14,21,29H,12-13H2,1-4H3. The van der Waals surface area contributed by atoms with E-state index in [2.05, 4.69) is 0 Å². The molecule has 0 spiro atoms. The highest BCUT2D eigenvalue weighted by Crippen LogP contribution is 2.39. The van der Waals surface area contributed by atoms with Crippen LogP contribution in [0, 0.1) is 6.92 Å². The molecule has 7 heteroatoms. The number of nitrogens with zero attached hydrogens (tertiary/aromatic N) is 1. The van der Waals surface area contributed by atoms with Crippen molar-refractivity contribution < 1.29 is 28.7 Å². The van der Waals surface area contributed by atoms with E-state index in [1.807, 2.05) is 45.3 Å². The average Bonchev–Trinajstić information content (AvgIpc) is 3.32. The molecule has 0 fully saturated rings. The zero-order chi connectivity index (χ0) is 23.0. The summed E-state index contributed by atoms with van der Waals surface area (Å²) < 4.78 is 11.1. The van der Waals surface area contributed by atoms with Gasteiger partial charge in [-0.2, -0.15) is 0 Å². The first-order valence-electron chi connectivity index (χ1n) is 10.5. The molecule has 0 radical (unpaired) electrons. The van der Waals surface area contributed by atoms with E-state index in [0.717, 1.165) is 16.0 Å². The number of aryl methyl sites for hydroxylation is 1. The molecule has 4 rings (SSSR count). The van der Waals surface area contributed by atoms with E-state index in [9.17, 15) is 14.7 Å². The molecule has 7 nitrogen and oxygen atoms in total. The molecular formula is C25H26N2O5. The minimum atomic E-state index is -0.776. The van der Waals surface area contributed by atoms with Gasteiger partial charge in [0.05, 0.1) is 40.3 Å². The van der Waals surface area contributed by atoms with Crippen molar-refractivity contribution in [2.45, 2.75) is 13.0 Å². The van der Waals surface area contributed by atoms with E-state index < -0.39 is 23.5 Å². The summed E-state index contributed by atoms with van der Waals surface area (Å²) in [5.41, 5.74) is 2.12. The maximum atomic E-state index is 13.5. The van der Waals surface area contributed by atoms with E-state index in [0.29, 0.717) is 29.8 Å². The molecule has 0 saturated carbocycles. The predicted octanol–water partition coefficient (Wildman–Crippen LogP) is 1.27. The second kappa shape index (κ2) is 8.51. The van der Waals surface area contributed by atoms with Crippen LogP contribution < -0.4 is 14.7 Å². The van der Waals surface area contributed by atoms with Crippen LogP contribution in [0.3, 0.4) is 0 Å². The molecule has 1 amide bonds. The molecule has 32 heavy (non-hydrogen) atoms. The number of hydrogen-bond donors (Lipinski definition) is 1. The molecule has 1 N–H and O–H groups in total. The number of ketones is 1. The summed E-state index contributed by atoms with van der Waals surface area (Å²) in [5.74, 6) is -1.51. The Labute approximate surface area is 186 Å². The number of fused-ring (bicyclic) bond motifs is 1. The highest BCUT2D eigenvalue weighted by atomic mass is 16.5. The van der Waals surface area contributed by atoms with Crippen LogP contribution in [0.4, 0.5) is 0 Å². The largest absolute Gasteiger partial charge is 0.868 e. The lowest BCUT2D eigenvalue weighted by Crippen LogP contribution is -3.06. The second-order valence-corrected chi connectivity index (χ2v) is 8.33. The molecule has 0 bridgehead atoms. The maximum Gasteiger partial charge on any atom is 0.240 e. The van der Waals surface area contributed by atoms with Crippen LogP contribution in [0.5, 0.6) is 5.75 Å². The Morgan fingerprint density at radius 2 is 1.91 bits per heavy atom. The minimum Gasteiger partial charge on any atom is -0.868 e. The fraction of sp³-hybridized carbons (Fsp3) is 0.280. The van der Waals surface area contributed by atoms with Crippen LogP contribution >= 0.6 is 0 Å². The van der Waals surface area contributed by atoms with Crippen molar-refractivity contribution in [1.82, 2.24) is 4.90 Å². The number of amides is 1. The van der Waals surface area contributed by atoms with E-state index >= 15 is 0 Å². The van der Waals surface area contributed by atoms with Crippen molar-refractivity contribution in [3.8, 4) is 5.75 Å². The Morgan fingerprint density at radius 1 is 1.19 bits per heavy atom. The number of carbonyl (C=O) groups is 2. The summed E-state index contributed by atoms with van der Waals surface area (Å²) >= 11 is 0. The van der Waals surface area contributed by atoms with E-state index in [-0.39, 0.29) is 11.3 Å². The normalized spacial score (nSPS) is 16.5. The van der Waals surface area contributed by atoms with Gasteiger partial charge in [0.1, 0.15) is 0 Å². The molecular weight excluding hydrogens is 408 g/mol. The fourth-order valence-electron chi connectivity index (χ4n) is 3.98.